The number of nitrogens with one attached hydrogen (secondary N) is 2. The summed E-state index contributed by atoms with van der Waals surface area (Å²) >= 11 is 0. The number of carbonyl (C=O) groups excluding carboxylic acids is 1. The van der Waals surface area contributed by atoms with Gasteiger partial charge in [-0.25, -0.2) is 0 Å². The van der Waals surface area contributed by atoms with Crippen molar-refractivity contribution < 1.29 is 28.9 Å². The first kappa shape index (κ1) is 24.5. The highest BCUT2D eigenvalue weighted by Gasteiger charge is 2.18. The number of hydrogen-bond acceptors (Lipinski definition) is 9. The van der Waals surface area contributed by atoms with Crippen molar-refractivity contribution in [1.82, 2.24) is 0 Å². The van der Waals surface area contributed by atoms with E-state index in [9.17, 15) is 25.0 Å². The molecule has 0 radical (unpaired) electrons. The van der Waals surface area contributed by atoms with Crippen molar-refractivity contribution in [3.05, 3.63) is 62.7 Å². The van der Waals surface area contributed by atoms with Crippen molar-refractivity contribution in [1.29, 1.82) is 0 Å². The van der Waals surface area contributed by atoms with E-state index >= 15 is 0 Å². The standard InChI is InChI=1S/C20H24N4O8/c1-15(25)22-16-2-5-18(6-3-16)32-13-12-31-11-10-30-9-8-21-19-7-4-17(23(26)27)14-20(19)24(28)29/h2-7,14,21H,8-13H2,1H3,(H,22,25). The van der Waals surface area contributed by atoms with Gasteiger partial charge >= 0.3 is 0 Å². The normalized spacial score (nSPS) is 10.4. The predicted molar refractivity (Wildman–Crippen MR) is 116 cm³/mol. The minimum atomic E-state index is -0.686. The molecular formula is C20H24N4O8. The zero-order valence-electron chi connectivity index (χ0n) is 17.4. The lowest BCUT2D eigenvalue weighted by Crippen LogP contribution is -2.15. The van der Waals surface area contributed by atoms with E-state index in [1.807, 2.05) is 0 Å². The van der Waals surface area contributed by atoms with Crippen LogP contribution in [0.15, 0.2) is 42.5 Å². The van der Waals surface area contributed by atoms with Crippen LogP contribution in [0.2, 0.25) is 0 Å². The number of ether oxygens (including phenoxy) is 3. The topological polar surface area (TPSA) is 155 Å². The molecule has 0 unspecified atom stereocenters. The summed E-state index contributed by atoms with van der Waals surface area (Å²) in [6.07, 6.45) is 0. The largest absolute Gasteiger partial charge is 0.491 e. The molecule has 2 N–H and O–H groups in total. The predicted octanol–water partition coefficient (Wildman–Crippen LogP) is 2.99. The van der Waals surface area contributed by atoms with Gasteiger partial charge in [0.25, 0.3) is 11.4 Å². The number of nitro benzene ring substituents is 2. The Labute approximate surface area is 183 Å². The maximum Gasteiger partial charge on any atom is 0.299 e. The summed E-state index contributed by atoms with van der Waals surface area (Å²) in [6, 6.07) is 10.4. The van der Waals surface area contributed by atoms with Crippen LogP contribution in [0.1, 0.15) is 6.92 Å². The Kier molecular flexibility index (Phi) is 9.81. The lowest BCUT2D eigenvalue weighted by molar-refractivity contribution is -0.393. The van der Waals surface area contributed by atoms with Crippen LogP contribution in [0.4, 0.5) is 22.7 Å². The number of nitro groups is 2. The molecule has 32 heavy (non-hydrogen) atoms. The average molecular weight is 448 g/mol. The minimum absolute atomic E-state index is 0.141. The smallest absolute Gasteiger partial charge is 0.299 e. The molecule has 0 fully saturated rings. The summed E-state index contributed by atoms with van der Waals surface area (Å²) in [7, 11) is 0. The highest BCUT2D eigenvalue weighted by Crippen LogP contribution is 2.28. The monoisotopic (exact) mass is 448 g/mol. The summed E-state index contributed by atoms with van der Waals surface area (Å²) < 4.78 is 16.3. The Bertz CT molecular complexity index is 920. The van der Waals surface area contributed by atoms with Crippen molar-refractivity contribution >= 4 is 28.7 Å². The Morgan fingerprint density at radius 1 is 0.906 bits per heavy atom. The summed E-state index contributed by atoms with van der Waals surface area (Å²) in [5.74, 6) is 0.517. The maximum absolute atomic E-state index is 11.1. The van der Waals surface area contributed by atoms with Gasteiger partial charge < -0.3 is 24.8 Å². The molecule has 0 aliphatic carbocycles. The van der Waals surface area contributed by atoms with Crippen LogP contribution in [-0.4, -0.2) is 55.3 Å². The Morgan fingerprint density at radius 2 is 1.56 bits per heavy atom. The van der Waals surface area contributed by atoms with Crippen molar-refractivity contribution in [2.24, 2.45) is 0 Å². The molecule has 172 valence electrons. The van der Waals surface area contributed by atoms with E-state index in [4.69, 9.17) is 14.2 Å². The summed E-state index contributed by atoms with van der Waals surface area (Å²) in [5, 5.41) is 27.3. The van der Waals surface area contributed by atoms with E-state index in [0.29, 0.717) is 37.9 Å². The number of non-ortho nitro benzene ring substituents is 1. The van der Waals surface area contributed by atoms with Gasteiger partial charge in [0.1, 0.15) is 18.0 Å². The van der Waals surface area contributed by atoms with Crippen LogP contribution in [0.25, 0.3) is 0 Å². The fourth-order valence-electron chi connectivity index (χ4n) is 2.57. The van der Waals surface area contributed by atoms with E-state index in [0.717, 1.165) is 6.07 Å². The van der Waals surface area contributed by atoms with E-state index in [2.05, 4.69) is 10.6 Å². The van der Waals surface area contributed by atoms with E-state index in [-0.39, 0.29) is 36.1 Å². The summed E-state index contributed by atoms with van der Waals surface area (Å²) in [4.78, 5) is 31.4. The van der Waals surface area contributed by atoms with Gasteiger partial charge in [-0.1, -0.05) is 0 Å². The van der Waals surface area contributed by atoms with E-state index in [1.54, 1.807) is 24.3 Å². The van der Waals surface area contributed by atoms with Gasteiger partial charge in [0.15, 0.2) is 0 Å². The van der Waals surface area contributed by atoms with Crippen molar-refractivity contribution in [2.75, 3.05) is 50.2 Å². The van der Waals surface area contributed by atoms with Crippen LogP contribution in [0, 0.1) is 20.2 Å². The zero-order chi connectivity index (χ0) is 23.3. The van der Waals surface area contributed by atoms with E-state index < -0.39 is 9.85 Å². The second kappa shape index (κ2) is 12.8. The van der Waals surface area contributed by atoms with Gasteiger partial charge in [0, 0.05) is 25.2 Å². The average Bonchev–Trinajstić information content (AvgIpc) is 2.75. The molecule has 2 aromatic carbocycles. The number of benzene rings is 2. The number of hydrogen-bond donors (Lipinski definition) is 2. The first-order valence-corrected chi connectivity index (χ1v) is 9.69. The first-order valence-electron chi connectivity index (χ1n) is 9.69. The van der Waals surface area contributed by atoms with Crippen LogP contribution >= 0.6 is 0 Å². The maximum atomic E-state index is 11.1. The van der Waals surface area contributed by atoms with Crippen LogP contribution in [-0.2, 0) is 14.3 Å². The number of anilines is 2. The third-order valence-electron chi connectivity index (χ3n) is 3.99. The van der Waals surface area contributed by atoms with Crippen LogP contribution < -0.4 is 15.4 Å². The highest BCUT2D eigenvalue weighted by atomic mass is 16.6. The van der Waals surface area contributed by atoms with Crippen LogP contribution in [0.3, 0.4) is 0 Å². The molecular weight excluding hydrogens is 424 g/mol. The van der Waals surface area contributed by atoms with Gasteiger partial charge in [-0.05, 0) is 30.3 Å². The van der Waals surface area contributed by atoms with Gasteiger partial charge in [-0.3, -0.25) is 25.0 Å². The summed E-state index contributed by atoms with van der Waals surface area (Å²) in [5.41, 5.74) is 0.160. The van der Waals surface area contributed by atoms with Gasteiger partial charge in [-0.2, -0.15) is 0 Å². The van der Waals surface area contributed by atoms with Crippen molar-refractivity contribution in [2.45, 2.75) is 6.92 Å². The molecule has 0 aromatic heterocycles. The lowest BCUT2D eigenvalue weighted by atomic mass is 10.2. The molecule has 0 spiro atoms. The molecule has 0 bridgehead atoms. The molecule has 0 heterocycles. The third-order valence-corrected chi connectivity index (χ3v) is 3.99. The van der Waals surface area contributed by atoms with E-state index in [1.165, 1.54) is 19.1 Å². The van der Waals surface area contributed by atoms with Gasteiger partial charge in [0.2, 0.25) is 5.91 Å². The van der Waals surface area contributed by atoms with Gasteiger partial charge in [-0.15, -0.1) is 0 Å². The van der Waals surface area contributed by atoms with Crippen molar-refractivity contribution in [3.8, 4) is 5.75 Å². The fraction of sp³-hybridized carbons (Fsp3) is 0.350. The molecule has 1 amide bonds. The lowest BCUT2D eigenvalue weighted by Gasteiger charge is -2.09. The van der Waals surface area contributed by atoms with Crippen molar-refractivity contribution in [3.63, 3.8) is 0 Å². The first-order chi connectivity index (χ1) is 15.4. The summed E-state index contributed by atoms with van der Waals surface area (Å²) in [6.45, 7) is 3.39. The molecule has 12 heteroatoms. The third kappa shape index (κ3) is 8.53. The number of nitrogens with zero attached hydrogens (tertiary/aromatic N) is 2. The Morgan fingerprint density at radius 3 is 2.19 bits per heavy atom. The van der Waals surface area contributed by atoms with Crippen LogP contribution in [0.5, 0.6) is 5.75 Å². The van der Waals surface area contributed by atoms with Gasteiger partial charge in [0.05, 0.1) is 42.3 Å². The fourth-order valence-corrected chi connectivity index (χ4v) is 2.57. The second-order valence-electron chi connectivity index (χ2n) is 6.42. The number of carbonyl (C=O) groups is 1. The molecule has 0 saturated heterocycles. The molecule has 0 saturated carbocycles. The minimum Gasteiger partial charge on any atom is -0.491 e. The zero-order valence-corrected chi connectivity index (χ0v) is 17.4. The molecule has 0 aliphatic heterocycles. The quantitative estimate of drug-likeness (QED) is 0.252. The molecule has 0 aliphatic rings. The highest BCUT2D eigenvalue weighted by molar-refractivity contribution is 5.88. The molecule has 12 nitrogen and oxygen atoms in total. The molecule has 2 rings (SSSR count). The molecule has 0 atom stereocenters. The second-order valence-corrected chi connectivity index (χ2v) is 6.42. The Balaban J connectivity index is 1.55. The Hall–Kier alpha value is -3.77. The number of rotatable bonds is 14. The molecule has 2 aromatic rings. The SMILES string of the molecule is CC(=O)Nc1ccc(OCCOCCOCCNc2ccc([N+](=O)[O-])cc2[N+](=O)[O-])cc1. The number of amides is 1.